The highest BCUT2D eigenvalue weighted by molar-refractivity contribution is 9.08. The lowest BCUT2D eigenvalue weighted by molar-refractivity contribution is -0.386. The molecule has 5 nitrogen and oxygen atoms in total. The van der Waals surface area contributed by atoms with Gasteiger partial charge >= 0.3 is 5.69 Å². The molecule has 0 aliphatic carbocycles. The van der Waals surface area contributed by atoms with Crippen molar-refractivity contribution in [1.29, 1.82) is 0 Å². The summed E-state index contributed by atoms with van der Waals surface area (Å²) in [6, 6.07) is 0. The van der Waals surface area contributed by atoms with Crippen LogP contribution in [0.4, 0.5) is 5.69 Å². The maximum atomic E-state index is 10.3. The molecule has 0 fully saturated rings. The lowest BCUT2D eigenvalue weighted by atomic mass is 10.4. The predicted molar refractivity (Wildman–Crippen MR) is 41.3 cm³/mol. The molecule has 0 atom stereocenters. The highest BCUT2D eigenvalue weighted by Crippen LogP contribution is 2.15. The molecule has 0 spiro atoms. The summed E-state index contributed by atoms with van der Waals surface area (Å²) < 4.78 is 0. The number of aromatic nitrogens is 2. The van der Waals surface area contributed by atoms with Crippen molar-refractivity contribution in [3.8, 4) is 0 Å². The Bertz CT molecular complexity index is 278. The van der Waals surface area contributed by atoms with Gasteiger partial charge in [0.2, 0.25) is 0 Å². The van der Waals surface area contributed by atoms with Gasteiger partial charge in [0.1, 0.15) is 18.2 Å². The first-order valence-corrected chi connectivity index (χ1v) is 3.87. The lowest BCUT2D eigenvalue weighted by Crippen LogP contribution is -1.96. The molecule has 0 aliphatic rings. The Kier molecular flexibility index (Phi) is 2.48. The summed E-state index contributed by atoms with van der Waals surface area (Å²) in [7, 11) is 0. The van der Waals surface area contributed by atoms with Gasteiger partial charge in [-0.3, -0.25) is 10.1 Å². The number of hydrogen-bond acceptors (Lipinski definition) is 4. The zero-order valence-corrected chi connectivity index (χ0v) is 6.98. The third-order valence-electron chi connectivity index (χ3n) is 1.10. The summed E-state index contributed by atoms with van der Waals surface area (Å²) in [6.07, 6.45) is 2.47. The number of hydrogen-bond donors (Lipinski definition) is 0. The summed E-state index contributed by atoms with van der Waals surface area (Å²) in [5.74, 6) is 0. The molecule has 0 aromatic carbocycles. The first-order valence-electron chi connectivity index (χ1n) is 2.75. The molecule has 0 amide bonds. The minimum absolute atomic E-state index is 0.0515. The van der Waals surface area contributed by atoms with E-state index in [-0.39, 0.29) is 5.69 Å². The normalized spacial score (nSPS) is 9.55. The van der Waals surface area contributed by atoms with Gasteiger partial charge in [-0.2, -0.15) is 0 Å². The zero-order chi connectivity index (χ0) is 8.27. The molecule has 1 aromatic rings. The van der Waals surface area contributed by atoms with Crippen molar-refractivity contribution < 1.29 is 4.92 Å². The lowest BCUT2D eigenvalue weighted by Gasteiger charge is -1.93. The van der Waals surface area contributed by atoms with E-state index < -0.39 is 4.92 Å². The van der Waals surface area contributed by atoms with Gasteiger partial charge in [0, 0.05) is 0 Å². The average molecular weight is 218 g/mol. The first kappa shape index (κ1) is 8.06. The van der Waals surface area contributed by atoms with Gasteiger partial charge in [-0.15, -0.1) is 0 Å². The number of nitro groups is 1. The summed E-state index contributed by atoms with van der Waals surface area (Å²) >= 11 is 3.08. The Hall–Kier alpha value is -1.04. The van der Waals surface area contributed by atoms with Gasteiger partial charge in [0.25, 0.3) is 0 Å². The van der Waals surface area contributed by atoms with Crippen LogP contribution in [-0.2, 0) is 5.33 Å². The standard InChI is InChI=1S/C5H4BrN3O2/c6-1-4-5(9(10)11)2-7-3-8-4/h2-3H,1H2. The van der Waals surface area contributed by atoms with Crippen LogP contribution in [-0.4, -0.2) is 14.9 Å². The van der Waals surface area contributed by atoms with E-state index in [9.17, 15) is 10.1 Å². The Morgan fingerprint density at radius 2 is 2.45 bits per heavy atom. The molecule has 58 valence electrons. The largest absolute Gasteiger partial charge is 0.309 e. The smallest absolute Gasteiger partial charge is 0.258 e. The number of rotatable bonds is 2. The van der Waals surface area contributed by atoms with Crippen LogP contribution in [0, 0.1) is 10.1 Å². The van der Waals surface area contributed by atoms with E-state index in [4.69, 9.17) is 0 Å². The van der Waals surface area contributed by atoms with Crippen molar-refractivity contribution in [1.82, 2.24) is 9.97 Å². The molecule has 0 saturated heterocycles. The van der Waals surface area contributed by atoms with Crippen molar-refractivity contribution in [2.75, 3.05) is 0 Å². The van der Waals surface area contributed by atoms with Crippen LogP contribution in [0.2, 0.25) is 0 Å². The number of halogens is 1. The zero-order valence-electron chi connectivity index (χ0n) is 5.40. The van der Waals surface area contributed by atoms with Crippen molar-refractivity contribution >= 4 is 21.6 Å². The molecule has 0 saturated carbocycles. The van der Waals surface area contributed by atoms with Crippen LogP contribution < -0.4 is 0 Å². The van der Waals surface area contributed by atoms with Crippen molar-refractivity contribution in [2.45, 2.75) is 5.33 Å². The second kappa shape index (κ2) is 3.38. The van der Waals surface area contributed by atoms with E-state index in [0.717, 1.165) is 0 Å². The van der Waals surface area contributed by atoms with Gasteiger partial charge in [-0.25, -0.2) is 9.97 Å². The fraction of sp³-hybridized carbons (Fsp3) is 0.200. The highest BCUT2D eigenvalue weighted by Gasteiger charge is 2.12. The second-order valence-corrected chi connectivity index (χ2v) is 2.31. The Balaban J connectivity index is 3.12. The number of nitrogens with zero attached hydrogens (tertiary/aromatic N) is 3. The first-order chi connectivity index (χ1) is 5.25. The summed E-state index contributed by atoms with van der Waals surface area (Å²) in [5.41, 5.74) is 0.342. The van der Waals surface area contributed by atoms with Crippen molar-refractivity contribution in [2.24, 2.45) is 0 Å². The van der Waals surface area contributed by atoms with E-state index in [1.54, 1.807) is 0 Å². The van der Waals surface area contributed by atoms with E-state index >= 15 is 0 Å². The van der Waals surface area contributed by atoms with Crippen molar-refractivity contribution in [3.63, 3.8) is 0 Å². The summed E-state index contributed by atoms with van der Waals surface area (Å²) in [5, 5.41) is 10.7. The molecule has 0 N–H and O–H groups in total. The Labute approximate surface area is 70.8 Å². The maximum Gasteiger partial charge on any atom is 0.309 e. The third-order valence-corrected chi connectivity index (χ3v) is 1.63. The van der Waals surface area contributed by atoms with Gasteiger partial charge in [0.15, 0.2) is 0 Å². The van der Waals surface area contributed by atoms with Crippen LogP contribution in [0.3, 0.4) is 0 Å². The van der Waals surface area contributed by atoms with Crippen molar-refractivity contribution in [3.05, 3.63) is 28.3 Å². The predicted octanol–water partition coefficient (Wildman–Crippen LogP) is 1.28. The van der Waals surface area contributed by atoms with E-state index in [1.165, 1.54) is 12.5 Å². The SMILES string of the molecule is O=[N+]([O-])c1cncnc1CBr. The molecule has 1 rings (SSSR count). The van der Waals surface area contributed by atoms with Gasteiger partial charge < -0.3 is 0 Å². The van der Waals surface area contributed by atoms with E-state index in [0.29, 0.717) is 11.0 Å². The van der Waals surface area contributed by atoms with Crippen LogP contribution in [0.1, 0.15) is 5.69 Å². The molecular formula is C5H4BrN3O2. The molecule has 0 aliphatic heterocycles. The van der Waals surface area contributed by atoms with Gasteiger partial charge in [-0.1, -0.05) is 15.9 Å². The monoisotopic (exact) mass is 217 g/mol. The van der Waals surface area contributed by atoms with Gasteiger partial charge in [-0.05, 0) is 0 Å². The molecule has 0 radical (unpaired) electrons. The topological polar surface area (TPSA) is 68.9 Å². The van der Waals surface area contributed by atoms with E-state index in [1.807, 2.05) is 0 Å². The second-order valence-electron chi connectivity index (χ2n) is 1.75. The maximum absolute atomic E-state index is 10.3. The minimum atomic E-state index is -0.503. The fourth-order valence-corrected chi connectivity index (χ4v) is 1.04. The summed E-state index contributed by atoms with van der Waals surface area (Å²) in [4.78, 5) is 17.0. The van der Waals surface area contributed by atoms with E-state index in [2.05, 4.69) is 25.9 Å². The Morgan fingerprint density at radius 3 is 2.91 bits per heavy atom. The molecule has 1 aromatic heterocycles. The summed E-state index contributed by atoms with van der Waals surface area (Å²) in [6.45, 7) is 0. The molecule has 0 unspecified atom stereocenters. The van der Waals surface area contributed by atoms with Crippen LogP contribution in [0.15, 0.2) is 12.5 Å². The van der Waals surface area contributed by atoms with Gasteiger partial charge in [0.05, 0.1) is 10.3 Å². The molecule has 1 heterocycles. The Morgan fingerprint density at radius 1 is 1.73 bits per heavy atom. The molecule has 0 bridgehead atoms. The highest BCUT2D eigenvalue weighted by atomic mass is 79.9. The average Bonchev–Trinajstić information content (AvgIpc) is 2.04. The minimum Gasteiger partial charge on any atom is -0.258 e. The third kappa shape index (κ3) is 1.70. The van der Waals surface area contributed by atoms with Crippen LogP contribution >= 0.6 is 15.9 Å². The molecule has 6 heteroatoms. The quantitative estimate of drug-likeness (QED) is 0.426. The number of alkyl halides is 1. The fourth-order valence-electron chi connectivity index (χ4n) is 0.603. The van der Waals surface area contributed by atoms with Crippen LogP contribution in [0.5, 0.6) is 0 Å². The molecular weight excluding hydrogens is 214 g/mol. The van der Waals surface area contributed by atoms with Crippen LogP contribution in [0.25, 0.3) is 0 Å². The molecule has 11 heavy (non-hydrogen) atoms.